The van der Waals surface area contributed by atoms with Gasteiger partial charge in [-0.2, -0.15) is 0 Å². The monoisotopic (exact) mass is 683 g/mol. The van der Waals surface area contributed by atoms with E-state index in [9.17, 15) is 14.7 Å². The van der Waals surface area contributed by atoms with Crippen LogP contribution in [0, 0.1) is 62.1 Å². The zero-order chi connectivity index (χ0) is 36.2. The van der Waals surface area contributed by atoms with E-state index in [4.69, 9.17) is 4.74 Å². The second-order valence-corrected chi connectivity index (χ2v) is 20.3. The smallest absolute Gasteiger partial charge is 0.309 e. The predicted molar refractivity (Wildman–Crippen MR) is 200 cm³/mol. The van der Waals surface area contributed by atoms with Gasteiger partial charge in [0.15, 0.2) is 0 Å². The van der Waals surface area contributed by atoms with Crippen LogP contribution in [-0.4, -0.2) is 61.8 Å². The first-order valence-corrected chi connectivity index (χ1v) is 20.2. The maximum absolute atomic E-state index is 13.1. The van der Waals surface area contributed by atoms with Gasteiger partial charge in [-0.3, -0.25) is 9.59 Å². The Morgan fingerprint density at radius 1 is 0.878 bits per heavy atom. The van der Waals surface area contributed by atoms with Crippen molar-refractivity contribution in [2.24, 2.45) is 62.1 Å². The highest BCUT2D eigenvalue weighted by molar-refractivity contribution is 5.81. The number of carbonyl (C=O) groups excluding carboxylic acids is 1. The number of ether oxygens (including phenoxy) is 1. The normalized spacial score (nSPS) is 41.3. The second-order valence-electron chi connectivity index (χ2n) is 20.3. The van der Waals surface area contributed by atoms with Gasteiger partial charge in [-0.1, -0.05) is 46.8 Å². The van der Waals surface area contributed by atoms with Crippen molar-refractivity contribution in [2.45, 2.75) is 151 Å². The summed E-state index contributed by atoms with van der Waals surface area (Å²) in [6.45, 7) is 26.4. The molecule has 5 aliphatic rings. The summed E-state index contributed by atoms with van der Waals surface area (Å²) in [5.74, 6) is 2.01. The zero-order valence-electron chi connectivity index (χ0n) is 33.3. The Balaban J connectivity index is 1.33. The highest BCUT2D eigenvalue weighted by atomic mass is 16.5. The van der Waals surface area contributed by atoms with Gasteiger partial charge in [-0.15, -0.1) is 0 Å². The van der Waals surface area contributed by atoms with Crippen molar-refractivity contribution < 1.29 is 19.4 Å². The Morgan fingerprint density at radius 2 is 1.59 bits per heavy atom. The number of nitrogens with zero attached hydrogens (tertiary/aromatic N) is 1. The third-order valence-electron chi connectivity index (χ3n) is 16.6. The van der Waals surface area contributed by atoms with E-state index in [0.29, 0.717) is 34.0 Å². The Labute approximate surface area is 300 Å². The third-order valence-corrected chi connectivity index (χ3v) is 16.6. The fourth-order valence-corrected chi connectivity index (χ4v) is 13.7. The predicted octanol–water partition coefficient (Wildman–Crippen LogP) is 9.38. The molecule has 0 radical (unpaired) electrons. The van der Waals surface area contributed by atoms with Crippen molar-refractivity contribution in [2.75, 3.05) is 33.7 Å². The number of carboxylic acid groups (broad SMARTS) is 1. The van der Waals surface area contributed by atoms with Gasteiger partial charge in [-0.05, 0) is 189 Å². The minimum atomic E-state index is -1.12. The molecule has 0 spiro atoms. The van der Waals surface area contributed by atoms with Crippen molar-refractivity contribution in [3.05, 3.63) is 12.2 Å². The molecule has 0 amide bonds. The van der Waals surface area contributed by atoms with E-state index >= 15 is 0 Å². The van der Waals surface area contributed by atoms with Crippen LogP contribution in [0.4, 0.5) is 0 Å². The van der Waals surface area contributed by atoms with Gasteiger partial charge in [-0.25, -0.2) is 0 Å². The molecule has 5 rings (SSSR count). The molecule has 0 aromatic heterocycles. The number of nitrogens with one attached hydrogen (secondary N) is 1. The van der Waals surface area contributed by atoms with E-state index in [0.717, 1.165) is 37.8 Å². The molecule has 5 fully saturated rings. The van der Waals surface area contributed by atoms with Crippen molar-refractivity contribution in [3.63, 3.8) is 0 Å². The molecular formula is C43H74N2O4. The van der Waals surface area contributed by atoms with Crippen LogP contribution in [-0.2, 0) is 14.3 Å². The van der Waals surface area contributed by atoms with Gasteiger partial charge in [0.25, 0.3) is 0 Å². The van der Waals surface area contributed by atoms with Gasteiger partial charge < -0.3 is 20.1 Å². The summed E-state index contributed by atoms with van der Waals surface area (Å²) >= 11 is 0. The molecule has 2 N–H and O–H groups in total. The van der Waals surface area contributed by atoms with E-state index in [2.05, 4.69) is 72.4 Å². The van der Waals surface area contributed by atoms with E-state index in [-0.39, 0.29) is 29.3 Å². The number of unbranched alkanes of at least 4 members (excludes halogenated alkanes) is 1. The van der Waals surface area contributed by atoms with Crippen LogP contribution in [0.5, 0.6) is 0 Å². The van der Waals surface area contributed by atoms with Crippen LogP contribution in [0.1, 0.15) is 145 Å². The van der Waals surface area contributed by atoms with Crippen molar-refractivity contribution >= 4 is 11.9 Å². The number of aliphatic carboxylic acids is 1. The average Bonchev–Trinajstić information content (AvgIpc) is 3.38. The minimum Gasteiger partial charge on any atom is -0.481 e. The number of hydrogen-bond acceptors (Lipinski definition) is 5. The summed E-state index contributed by atoms with van der Waals surface area (Å²) in [4.78, 5) is 27.1. The van der Waals surface area contributed by atoms with Crippen LogP contribution in [0.15, 0.2) is 12.2 Å². The molecule has 49 heavy (non-hydrogen) atoms. The van der Waals surface area contributed by atoms with Gasteiger partial charge >= 0.3 is 11.9 Å². The number of allylic oxidation sites excluding steroid dienone is 1. The molecule has 5 aliphatic carbocycles. The van der Waals surface area contributed by atoms with Crippen molar-refractivity contribution in [3.8, 4) is 0 Å². The Morgan fingerprint density at radius 3 is 2.24 bits per heavy atom. The number of esters is 1. The Hall–Kier alpha value is -1.40. The van der Waals surface area contributed by atoms with Gasteiger partial charge in [0.2, 0.25) is 0 Å². The van der Waals surface area contributed by atoms with Gasteiger partial charge in [0.05, 0.1) is 11.8 Å². The van der Waals surface area contributed by atoms with Crippen molar-refractivity contribution in [1.29, 1.82) is 0 Å². The molecule has 6 heteroatoms. The molecule has 280 valence electrons. The number of rotatable bonds is 13. The molecular weight excluding hydrogens is 608 g/mol. The zero-order valence-corrected chi connectivity index (χ0v) is 33.3. The first-order valence-electron chi connectivity index (χ1n) is 20.2. The maximum Gasteiger partial charge on any atom is 0.309 e. The first kappa shape index (κ1) is 38.8. The van der Waals surface area contributed by atoms with Gasteiger partial charge in [0, 0.05) is 5.41 Å². The molecule has 0 saturated heterocycles. The van der Waals surface area contributed by atoms with Crippen LogP contribution in [0.2, 0.25) is 0 Å². The molecule has 0 bridgehead atoms. The SMILES string of the molecule is C=C(C)[C@@H]1CC[C@]2(CCNCCCCN(C)C)CC[C@]3(C)[C@H](CC[C@@H]4[C@@]5(C)CC[C@H](OC(=O)CC(C)(C)C(=O)O)C(C)(C)[C@@H]5CC[C@]43C)[C@@H]12. The van der Waals surface area contributed by atoms with E-state index < -0.39 is 11.4 Å². The van der Waals surface area contributed by atoms with E-state index in [1.165, 1.54) is 82.7 Å². The molecule has 10 atom stereocenters. The summed E-state index contributed by atoms with van der Waals surface area (Å²) in [6.07, 6.45) is 16.1. The number of carbonyl (C=O) groups is 2. The number of carboxylic acids is 1. The largest absolute Gasteiger partial charge is 0.481 e. The van der Waals surface area contributed by atoms with Crippen LogP contribution < -0.4 is 5.32 Å². The molecule has 0 heterocycles. The minimum absolute atomic E-state index is 0.0854. The fourth-order valence-electron chi connectivity index (χ4n) is 13.7. The lowest BCUT2D eigenvalue weighted by Gasteiger charge is -2.73. The van der Waals surface area contributed by atoms with E-state index in [1.54, 1.807) is 13.8 Å². The topological polar surface area (TPSA) is 78.9 Å². The quantitative estimate of drug-likeness (QED) is 0.115. The second kappa shape index (κ2) is 13.9. The molecule has 6 nitrogen and oxygen atoms in total. The maximum atomic E-state index is 13.1. The van der Waals surface area contributed by atoms with Crippen molar-refractivity contribution in [1.82, 2.24) is 10.2 Å². The van der Waals surface area contributed by atoms with Gasteiger partial charge in [0.1, 0.15) is 6.10 Å². The highest BCUT2D eigenvalue weighted by Gasteiger charge is 2.71. The lowest BCUT2D eigenvalue weighted by atomic mass is 9.32. The summed E-state index contributed by atoms with van der Waals surface area (Å²) < 4.78 is 6.20. The van der Waals surface area contributed by atoms with Crippen LogP contribution in [0.3, 0.4) is 0 Å². The number of fused-ring (bicyclic) bond motifs is 7. The first-order chi connectivity index (χ1) is 22.7. The summed E-state index contributed by atoms with van der Waals surface area (Å²) in [6, 6.07) is 0. The summed E-state index contributed by atoms with van der Waals surface area (Å²) in [7, 11) is 4.34. The van der Waals surface area contributed by atoms with E-state index in [1.807, 2.05) is 0 Å². The lowest BCUT2D eigenvalue weighted by Crippen LogP contribution is -2.66. The molecule has 0 aliphatic heterocycles. The third kappa shape index (κ3) is 6.70. The lowest BCUT2D eigenvalue weighted by molar-refractivity contribution is -0.250. The molecule has 0 unspecified atom stereocenters. The summed E-state index contributed by atoms with van der Waals surface area (Å²) in [5.41, 5.74) is 1.45. The summed E-state index contributed by atoms with van der Waals surface area (Å²) in [5, 5.41) is 13.5. The Bertz CT molecular complexity index is 1240. The molecule has 0 aromatic carbocycles. The highest BCUT2D eigenvalue weighted by Crippen LogP contribution is 2.78. The fraction of sp³-hybridized carbons (Fsp3) is 0.907. The molecule has 5 saturated carbocycles. The molecule has 0 aromatic rings. The average molecular weight is 683 g/mol. The van der Waals surface area contributed by atoms with Crippen LogP contribution in [0.25, 0.3) is 0 Å². The standard InChI is InChI=1S/C43H74N2O4/c1-29(2)30-16-21-43(24-26-44-25-12-13-27-45(10)11)23-22-41(8)31(36(30)43)14-15-33-40(7)19-18-34(49-35(46)28-38(3,4)37(47)48)39(5,6)32(40)17-20-42(33,41)9/h30-34,36,44H,1,12-28H2,2-11H3,(H,47,48)/t30-,31+,32-,33+,34-,36+,40-,41+,42+,43+/m0/s1. The number of hydrogen-bond donors (Lipinski definition) is 2. The Kier molecular flexibility index (Phi) is 11.0. The van der Waals surface area contributed by atoms with Crippen LogP contribution >= 0.6 is 0 Å².